The van der Waals surface area contributed by atoms with Crippen LogP contribution < -0.4 is 14.8 Å². The number of rotatable bonds is 6. The average molecular weight is 301 g/mol. The minimum Gasteiger partial charge on any atom is -0.454 e. The molecule has 2 aromatic rings. The van der Waals surface area contributed by atoms with Crippen molar-refractivity contribution in [3.05, 3.63) is 59.7 Å². The molecule has 116 valence electrons. The van der Waals surface area contributed by atoms with Crippen LogP contribution in [0.3, 0.4) is 0 Å². The van der Waals surface area contributed by atoms with Crippen LogP contribution in [0.15, 0.2) is 48.5 Å². The van der Waals surface area contributed by atoms with Crippen LogP contribution in [0.5, 0.6) is 11.5 Å². The van der Waals surface area contributed by atoms with Crippen molar-refractivity contribution in [1.82, 2.24) is 5.32 Å². The van der Waals surface area contributed by atoms with Crippen LogP contribution in [0.25, 0.3) is 0 Å². The van der Waals surface area contributed by atoms with E-state index in [1.165, 1.54) is 0 Å². The molecule has 3 rings (SSSR count). The Morgan fingerprint density at radius 3 is 2.55 bits per heavy atom. The Balaban J connectivity index is 1.89. The van der Waals surface area contributed by atoms with Crippen molar-refractivity contribution in [2.75, 3.05) is 19.9 Å². The van der Waals surface area contributed by atoms with E-state index in [0.29, 0.717) is 18.0 Å². The smallest absolute Gasteiger partial charge is 0.231 e. The van der Waals surface area contributed by atoms with Gasteiger partial charge in [0.25, 0.3) is 0 Å². The summed E-state index contributed by atoms with van der Waals surface area (Å²) < 4.78 is 10.7. The average Bonchev–Trinajstić information content (AvgIpc) is 3.03. The Kier molecular flexibility index (Phi) is 4.58. The van der Waals surface area contributed by atoms with Crippen LogP contribution in [0.2, 0.25) is 0 Å². The van der Waals surface area contributed by atoms with E-state index in [4.69, 9.17) is 14.6 Å². The lowest BCUT2D eigenvalue weighted by Crippen LogP contribution is -2.29. The lowest BCUT2D eigenvalue weighted by atomic mass is 9.95. The highest BCUT2D eigenvalue weighted by Gasteiger charge is 2.24. The van der Waals surface area contributed by atoms with Gasteiger partial charge in [0.1, 0.15) is 0 Å². The number of aliphatic hydroxyl groups is 2. The highest BCUT2D eigenvalue weighted by atomic mass is 16.7. The summed E-state index contributed by atoms with van der Waals surface area (Å²) in [7, 11) is 0. The minimum absolute atomic E-state index is 0.00254. The minimum atomic E-state index is -0.729. The van der Waals surface area contributed by atoms with Gasteiger partial charge in [0.2, 0.25) is 6.79 Å². The lowest BCUT2D eigenvalue weighted by Gasteiger charge is -2.25. The fourth-order valence-corrected chi connectivity index (χ4v) is 2.58. The standard InChI is InChI=1S/C17H19NO4/c19-9-8-18-16(17(20)12-4-2-1-3-5-12)13-6-7-14-15(10-13)22-11-21-14/h1-7,10,16-20H,8-9,11H2. The SMILES string of the molecule is OCCNC(c1ccc2c(c1)OCO2)C(O)c1ccccc1. The molecule has 1 aliphatic rings. The predicted molar refractivity (Wildman–Crippen MR) is 81.8 cm³/mol. The summed E-state index contributed by atoms with van der Waals surface area (Å²) in [5.74, 6) is 1.38. The van der Waals surface area contributed by atoms with Crippen LogP contribution in [0.1, 0.15) is 23.3 Å². The van der Waals surface area contributed by atoms with E-state index in [9.17, 15) is 5.11 Å². The van der Waals surface area contributed by atoms with E-state index >= 15 is 0 Å². The molecule has 2 unspecified atom stereocenters. The number of aliphatic hydroxyl groups excluding tert-OH is 2. The van der Waals surface area contributed by atoms with Crippen molar-refractivity contribution < 1.29 is 19.7 Å². The molecule has 5 nitrogen and oxygen atoms in total. The monoisotopic (exact) mass is 301 g/mol. The molecular weight excluding hydrogens is 282 g/mol. The summed E-state index contributed by atoms with van der Waals surface area (Å²) in [5, 5.41) is 23.0. The number of benzene rings is 2. The van der Waals surface area contributed by atoms with Gasteiger partial charge in [-0.15, -0.1) is 0 Å². The third-order valence-corrected chi connectivity index (χ3v) is 3.69. The second-order valence-corrected chi connectivity index (χ2v) is 5.12. The van der Waals surface area contributed by atoms with Crippen LogP contribution in [0, 0.1) is 0 Å². The van der Waals surface area contributed by atoms with Gasteiger partial charge in [0, 0.05) is 6.54 Å². The van der Waals surface area contributed by atoms with Crippen LogP contribution >= 0.6 is 0 Å². The van der Waals surface area contributed by atoms with Gasteiger partial charge in [-0.05, 0) is 23.3 Å². The Hall–Kier alpha value is -2.08. The Labute approximate surface area is 129 Å². The Bertz CT molecular complexity index is 617. The molecular formula is C17H19NO4. The van der Waals surface area contributed by atoms with Gasteiger partial charge in [-0.3, -0.25) is 0 Å². The molecule has 5 heteroatoms. The molecule has 0 saturated carbocycles. The molecule has 1 heterocycles. The first-order chi connectivity index (χ1) is 10.8. The van der Waals surface area contributed by atoms with E-state index in [2.05, 4.69) is 5.32 Å². The Morgan fingerprint density at radius 2 is 1.77 bits per heavy atom. The first-order valence-corrected chi connectivity index (χ1v) is 7.26. The second kappa shape index (κ2) is 6.79. The van der Waals surface area contributed by atoms with Crippen molar-refractivity contribution in [2.24, 2.45) is 0 Å². The highest BCUT2D eigenvalue weighted by Crippen LogP contribution is 2.37. The maximum absolute atomic E-state index is 10.7. The number of hydrogen-bond acceptors (Lipinski definition) is 5. The van der Waals surface area contributed by atoms with E-state index in [1.807, 2.05) is 48.5 Å². The molecule has 2 atom stereocenters. The Morgan fingerprint density at radius 1 is 1.00 bits per heavy atom. The van der Waals surface area contributed by atoms with Gasteiger partial charge < -0.3 is 25.0 Å². The van der Waals surface area contributed by atoms with E-state index in [-0.39, 0.29) is 19.4 Å². The molecule has 22 heavy (non-hydrogen) atoms. The fourth-order valence-electron chi connectivity index (χ4n) is 2.58. The molecule has 1 aliphatic heterocycles. The fraction of sp³-hybridized carbons (Fsp3) is 0.294. The number of ether oxygens (including phenoxy) is 2. The van der Waals surface area contributed by atoms with E-state index in [1.54, 1.807) is 0 Å². The van der Waals surface area contributed by atoms with Gasteiger partial charge >= 0.3 is 0 Å². The van der Waals surface area contributed by atoms with Gasteiger partial charge in [-0.1, -0.05) is 36.4 Å². The molecule has 0 radical (unpaired) electrons. The van der Waals surface area contributed by atoms with Crippen LogP contribution in [-0.2, 0) is 0 Å². The first-order valence-electron chi connectivity index (χ1n) is 7.26. The van der Waals surface area contributed by atoms with Crippen molar-refractivity contribution in [3.63, 3.8) is 0 Å². The van der Waals surface area contributed by atoms with Crippen molar-refractivity contribution in [3.8, 4) is 11.5 Å². The lowest BCUT2D eigenvalue weighted by molar-refractivity contribution is 0.124. The molecule has 0 fully saturated rings. The number of nitrogens with one attached hydrogen (secondary N) is 1. The maximum atomic E-state index is 10.7. The van der Waals surface area contributed by atoms with E-state index in [0.717, 1.165) is 11.1 Å². The van der Waals surface area contributed by atoms with Gasteiger partial charge in [-0.2, -0.15) is 0 Å². The third-order valence-electron chi connectivity index (χ3n) is 3.69. The first kappa shape index (κ1) is 14.8. The van der Waals surface area contributed by atoms with Gasteiger partial charge in [0.15, 0.2) is 11.5 Å². The summed E-state index contributed by atoms with van der Waals surface area (Å²) in [4.78, 5) is 0. The summed E-state index contributed by atoms with van der Waals surface area (Å²) in [5.41, 5.74) is 1.70. The summed E-state index contributed by atoms with van der Waals surface area (Å²) in [6, 6.07) is 14.7. The molecule has 2 aromatic carbocycles. The van der Waals surface area contributed by atoms with Crippen molar-refractivity contribution >= 4 is 0 Å². The second-order valence-electron chi connectivity index (χ2n) is 5.12. The van der Waals surface area contributed by atoms with Gasteiger partial charge in [-0.25, -0.2) is 0 Å². The molecule has 0 bridgehead atoms. The summed E-state index contributed by atoms with van der Waals surface area (Å²) in [6.07, 6.45) is -0.729. The molecule has 0 amide bonds. The molecule has 0 aliphatic carbocycles. The number of hydrogen-bond donors (Lipinski definition) is 3. The third kappa shape index (κ3) is 3.06. The molecule has 0 aromatic heterocycles. The van der Waals surface area contributed by atoms with E-state index < -0.39 is 6.10 Å². The molecule has 3 N–H and O–H groups in total. The zero-order chi connectivity index (χ0) is 15.4. The van der Waals surface area contributed by atoms with Crippen molar-refractivity contribution in [1.29, 1.82) is 0 Å². The van der Waals surface area contributed by atoms with Crippen LogP contribution in [-0.4, -0.2) is 30.2 Å². The van der Waals surface area contributed by atoms with Gasteiger partial charge in [0.05, 0.1) is 18.8 Å². The number of fused-ring (bicyclic) bond motifs is 1. The molecule has 0 spiro atoms. The van der Waals surface area contributed by atoms with Crippen molar-refractivity contribution in [2.45, 2.75) is 12.1 Å². The largest absolute Gasteiger partial charge is 0.454 e. The maximum Gasteiger partial charge on any atom is 0.231 e. The highest BCUT2D eigenvalue weighted by molar-refractivity contribution is 5.45. The molecule has 0 saturated heterocycles. The zero-order valence-corrected chi connectivity index (χ0v) is 12.1. The summed E-state index contributed by atoms with van der Waals surface area (Å²) >= 11 is 0. The topological polar surface area (TPSA) is 71.0 Å². The normalized spacial score (nSPS) is 15.5. The summed E-state index contributed by atoms with van der Waals surface area (Å²) in [6.45, 7) is 0.611. The van der Waals surface area contributed by atoms with Crippen LogP contribution in [0.4, 0.5) is 0 Å². The zero-order valence-electron chi connectivity index (χ0n) is 12.1. The quantitative estimate of drug-likeness (QED) is 0.758. The predicted octanol–water partition coefficient (Wildman–Crippen LogP) is 1.77.